The molecule has 6 heteroatoms. The van der Waals surface area contributed by atoms with Crippen LogP contribution in [0, 0.1) is 0 Å². The minimum Gasteiger partial charge on any atom is -0.481 e. The molecule has 0 spiro atoms. The Kier molecular flexibility index (Phi) is 4.48. The molecule has 0 aliphatic heterocycles. The summed E-state index contributed by atoms with van der Waals surface area (Å²) in [5, 5.41) is 9.11. The number of benzene rings is 1. The summed E-state index contributed by atoms with van der Waals surface area (Å²) >= 11 is 5.72. The average Bonchev–Trinajstić information content (AvgIpc) is 2.27. The van der Waals surface area contributed by atoms with E-state index >= 15 is 0 Å². The van der Waals surface area contributed by atoms with Gasteiger partial charge in [0.2, 0.25) is 5.91 Å². The molecule has 1 rings (SSSR count). The molecular formula is C11H13ClN2O3. The SMILES string of the molecule is CN(C(=O)C(N)CC(=O)O)c1ccc(Cl)cc1. The Morgan fingerprint density at radius 3 is 2.41 bits per heavy atom. The largest absolute Gasteiger partial charge is 0.481 e. The van der Waals surface area contributed by atoms with Gasteiger partial charge in [-0.25, -0.2) is 0 Å². The van der Waals surface area contributed by atoms with Crippen molar-refractivity contribution in [3.05, 3.63) is 29.3 Å². The summed E-state index contributed by atoms with van der Waals surface area (Å²) in [5.74, 6) is -1.55. The molecule has 92 valence electrons. The van der Waals surface area contributed by atoms with Crippen LogP contribution >= 0.6 is 11.6 Å². The van der Waals surface area contributed by atoms with Crippen LogP contribution in [0.3, 0.4) is 0 Å². The maximum atomic E-state index is 11.8. The van der Waals surface area contributed by atoms with Crippen molar-refractivity contribution >= 4 is 29.2 Å². The van der Waals surface area contributed by atoms with E-state index in [1.807, 2.05) is 0 Å². The van der Waals surface area contributed by atoms with Gasteiger partial charge in [-0.1, -0.05) is 11.6 Å². The molecule has 0 aliphatic carbocycles. The number of nitrogens with two attached hydrogens (primary N) is 1. The van der Waals surface area contributed by atoms with Crippen molar-refractivity contribution in [2.75, 3.05) is 11.9 Å². The van der Waals surface area contributed by atoms with Crippen molar-refractivity contribution in [2.45, 2.75) is 12.5 Å². The molecule has 1 aromatic rings. The normalized spacial score (nSPS) is 11.9. The number of hydrogen-bond acceptors (Lipinski definition) is 3. The van der Waals surface area contributed by atoms with Crippen molar-refractivity contribution in [3.8, 4) is 0 Å². The van der Waals surface area contributed by atoms with Gasteiger partial charge in [0.25, 0.3) is 0 Å². The fourth-order valence-corrected chi connectivity index (χ4v) is 1.44. The topological polar surface area (TPSA) is 83.6 Å². The van der Waals surface area contributed by atoms with Crippen LogP contribution in [0.15, 0.2) is 24.3 Å². The molecule has 1 amide bonds. The number of carbonyl (C=O) groups is 2. The quantitative estimate of drug-likeness (QED) is 0.845. The Balaban J connectivity index is 2.75. The fourth-order valence-electron chi connectivity index (χ4n) is 1.32. The predicted molar refractivity (Wildman–Crippen MR) is 65.1 cm³/mol. The lowest BCUT2D eigenvalue weighted by Gasteiger charge is -2.20. The molecule has 0 aliphatic rings. The Morgan fingerprint density at radius 1 is 1.41 bits per heavy atom. The first-order valence-corrected chi connectivity index (χ1v) is 5.30. The lowest BCUT2D eigenvalue weighted by atomic mass is 10.2. The van der Waals surface area contributed by atoms with E-state index in [9.17, 15) is 9.59 Å². The van der Waals surface area contributed by atoms with Gasteiger partial charge in [0.05, 0.1) is 12.5 Å². The van der Waals surface area contributed by atoms with E-state index in [0.29, 0.717) is 10.7 Å². The van der Waals surface area contributed by atoms with Crippen LogP contribution in [0.1, 0.15) is 6.42 Å². The summed E-state index contributed by atoms with van der Waals surface area (Å²) < 4.78 is 0. The Morgan fingerprint density at radius 2 is 1.94 bits per heavy atom. The van der Waals surface area contributed by atoms with Crippen molar-refractivity contribution in [1.29, 1.82) is 0 Å². The lowest BCUT2D eigenvalue weighted by Crippen LogP contribution is -2.43. The van der Waals surface area contributed by atoms with Gasteiger partial charge >= 0.3 is 5.97 Å². The number of nitrogens with zero attached hydrogens (tertiary/aromatic N) is 1. The number of likely N-dealkylation sites (N-methyl/N-ethyl adjacent to an activating group) is 1. The monoisotopic (exact) mass is 256 g/mol. The highest BCUT2D eigenvalue weighted by molar-refractivity contribution is 6.30. The van der Waals surface area contributed by atoms with Gasteiger partial charge in [0, 0.05) is 17.8 Å². The van der Waals surface area contributed by atoms with E-state index in [1.54, 1.807) is 24.3 Å². The number of carboxylic acids is 1. The molecule has 1 atom stereocenters. The highest BCUT2D eigenvalue weighted by Crippen LogP contribution is 2.17. The van der Waals surface area contributed by atoms with Gasteiger partial charge in [-0.3, -0.25) is 9.59 Å². The molecule has 0 aromatic heterocycles. The highest BCUT2D eigenvalue weighted by Gasteiger charge is 2.21. The maximum Gasteiger partial charge on any atom is 0.305 e. The zero-order chi connectivity index (χ0) is 13.0. The number of aliphatic carboxylic acids is 1. The summed E-state index contributed by atoms with van der Waals surface area (Å²) in [6.07, 6.45) is -0.392. The van der Waals surface area contributed by atoms with E-state index in [-0.39, 0.29) is 0 Å². The summed E-state index contributed by atoms with van der Waals surface area (Å²) in [4.78, 5) is 23.5. The molecular weight excluding hydrogens is 244 g/mol. The maximum absolute atomic E-state index is 11.8. The summed E-state index contributed by atoms with van der Waals surface area (Å²) in [6, 6.07) is 5.56. The Bertz CT molecular complexity index is 419. The van der Waals surface area contributed by atoms with E-state index in [2.05, 4.69) is 0 Å². The third-order valence-electron chi connectivity index (χ3n) is 2.26. The van der Waals surface area contributed by atoms with Gasteiger partial charge in [-0.2, -0.15) is 0 Å². The number of carbonyl (C=O) groups excluding carboxylic acids is 1. The zero-order valence-electron chi connectivity index (χ0n) is 9.26. The molecule has 0 bridgehead atoms. The van der Waals surface area contributed by atoms with Gasteiger partial charge in [0.15, 0.2) is 0 Å². The van der Waals surface area contributed by atoms with Crippen LogP contribution in [0.4, 0.5) is 5.69 Å². The molecule has 0 radical (unpaired) electrons. The number of anilines is 1. The molecule has 3 N–H and O–H groups in total. The smallest absolute Gasteiger partial charge is 0.305 e. The third kappa shape index (κ3) is 3.72. The second-order valence-corrected chi connectivity index (χ2v) is 4.01. The minimum atomic E-state index is -1.10. The molecule has 0 saturated carbocycles. The Labute approximate surface area is 104 Å². The van der Waals surface area contributed by atoms with E-state index in [1.165, 1.54) is 11.9 Å². The third-order valence-corrected chi connectivity index (χ3v) is 2.51. The van der Waals surface area contributed by atoms with Gasteiger partial charge in [0.1, 0.15) is 0 Å². The molecule has 1 unspecified atom stereocenters. The van der Waals surface area contributed by atoms with Crippen LogP contribution in [0.5, 0.6) is 0 Å². The number of hydrogen-bond donors (Lipinski definition) is 2. The molecule has 1 aromatic carbocycles. The fraction of sp³-hybridized carbons (Fsp3) is 0.273. The van der Waals surface area contributed by atoms with Crippen molar-refractivity contribution in [1.82, 2.24) is 0 Å². The van der Waals surface area contributed by atoms with E-state index in [4.69, 9.17) is 22.4 Å². The summed E-state index contributed by atoms with van der Waals surface area (Å²) in [6.45, 7) is 0. The van der Waals surface area contributed by atoms with E-state index < -0.39 is 24.3 Å². The molecule has 5 nitrogen and oxygen atoms in total. The summed E-state index contributed by atoms with van der Waals surface area (Å²) in [5.41, 5.74) is 6.10. The standard InChI is InChI=1S/C11H13ClN2O3/c1-14(8-4-2-7(12)3-5-8)11(17)9(13)6-10(15)16/h2-5,9H,6,13H2,1H3,(H,15,16). The molecule has 17 heavy (non-hydrogen) atoms. The number of halogens is 1. The first-order chi connectivity index (χ1) is 7.91. The highest BCUT2D eigenvalue weighted by atomic mass is 35.5. The molecule has 0 fully saturated rings. The van der Waals surface area contributed by atoms with Crippen LogP contribution < -0.4 is 10.6 Å². The van der Waals surface area contributed by atoms with Crippen molar-refractivity contribution in [3.63, 3.8) is 0 Å². The number of carboxylic acid groups (broad SMARTS) is 1. The molecule has 0 saturated heterocycles. The first-order valence-electron chi connectivity index (χ1n) is 4.92. The number of rotatable bonds is 4. The minimum absolute atomic E-state index is 0.392. The predicted octanol–water partition coefficient (Wildman–Crippen LogP) is 1.10. The van der Waals surface area contributed by atoms with Crippen LogP contribution in [-0.4, -0.2) is 30.1 Å². The first kappa shape index (κ1) is 13.5. The van der Waals surface area contributed by atoms with Crippen LogP contribution in [-0.2, 0) is 9.59 Å². The average molecular weight is 257 g/mol. The van der Waals surface area contributed by atoms with Crippen LogP contribution in [0.25, 0.3) is 0 Å². The van der Waals surface area contributed by atoms with Crippen molar-refractivity contribution < 1.29 is 14.7 Å². The molecule has 0 heterocycles. The Hall–Kier alpha value is -1.59. The van der Waals surface area contributed by atoms with Crippen molar-refractivity contribution in [2.24, 2.45) is 5.73 Å². The van der Waals surface area contributed by atoms with Gasteiger partial charge < -0.3 is 15.7 Å². The van der Waals surface area contributed by atoms with Gasteiger partial charge in [-0.05, 0) is 24.3 Å². The lowest BCUT2D eigenvalue weighted by molar-refractivity contribution is -0.139. The second-order valence-electron chi connectivity index (χ2n) is 3.58. The van der Waals surface area contributed by atoms with Gasteiger partial charge in [-0.15, -0.1) is 0 Å². The van der Waals surface area contributed by atoms with E-state index in [0.717, 1.165) is 0 Å². The zero-order valence-corrected chi connectivity index (χ0v) is 10.0. The second kappa shape index (κ2) is 5.65. The summed E-state index contributed by atoms with van der Waals surface area (Å²) in [7, 11) is 1.54. The van der Waals surface area contributed by atoms with Crippen LogP contribution in [0.2, 0.25) is 5.02 Å². The number of amides is 1.